The molecule has 22 heavy (non-hydrogen) atoms. The molecule has 0 bridgehead atoms. The number of aromatic nitrogens is 2. The lowest BCUT2D eigenvalue weighted by atomic mass is 10.2. The summed E-state index contributed by atoms with van der Waals surface area (Å²) in [5.41, 5.74) is 0.297. The van der Waals surface area contributed by atoms with Crippen molar-refractivity contribution < 1.29 is 13.9 Å². The molecule has 114 valence electrons. The van der Waals surface area contributed by atoms with E-state index in [-0.39, 0.29) is 17.0 Å². The average molecular weight is 322 g/mol. The van der Waals surface area contributed by atoms with Gasteiger partial charge in [0.2, 0.25) is 5.88 Å². The Kier molecular flexibility index (Phi) is 4.20. The molecule has 3 rings (SSSR count). The van der Waals surface area contributed by atoms with Gasteiger partial charge in [0.25, 0.3) is 5.91 Å². The summed E-state index contributed by atoms with van der Waals surface area (Å²) in [6.07, 6.45) is 3.58. The van der Waals surface area contributed by atoms with Crippen molar-refractivity contribution in [3.05, 3.63) is 53.2 Å². The van der Waals surface area contributed by atoms with Crippen LogP contribution >= 0.6 is 11.6 Å². The molecule has 1 aromatic heterocycles. The van der Waals surface area contributed by atoms with E-state index in [0.717, 1.165) is 6.07 Å². The minimum Gasteiger partial charge on any atom is -0.472 e. The van der Waals surface area contributed by atoms with Crippen molar-refractivity contribution >= 4 is 17.5 Å². The van der Waals surface area contributed by atoms with Crippen LogP contribution in [-0.2, 0) is 0 Å². The number of halogens is 2. The van der Waals surface area contributed by atoms with Gasteiger partial charge >= 0.3 is 0 Å². The molecule has 0 aliphatic carbocycles. The Bertz CT molecular complexity index is 684. The number of rotatable bonds is 3. The van der Waals surface area contributed by atoms with Crippen LogP contribution < -0.4 is 4.74 Å². The van der Waals surface area contributed by atoms with Crippen molar-refractivity contribution in [1.82, 2.24) is 14.9 Å². The van der Waals surface area contributed by atoms with Gasteiger partial charge in [-0.2, -0.15) is 0 Å². The second-order valence-corrected chi connectivity index (χ2v) is 5.36. The van der Waals surface area contributed by atoms with Gasteiger partial charge in [-0.3, -0.25) is 4.79 Å². The van der Waals surface area contributed by atoms with Gasteiger partial charge in [0, 0.05) is 25.2 Å². The quantitative estimate of drug-likeness (QED) is 0.872. The first kappa shape index (κ1) is 14.7. The Hall–Kier alpha value is -2.21. The van der Waals surface area contributed by atoms with Gasteiger partial charge in [-0.15, -0.1) is 0 Å². The number of carbonyl (C=O) groups is 1. The fourth-order valence-corrected chi connectivity index (χ4v) is 2.61. The fraction of sp³-hybridized carbons (Fsp3) is 0.267. The maximum atomic E-state index is 13.1. The molecule has 7 heteroatoms. The Morgan fingerprint density at radius 3 is 3.00 bits per heavy atom. The van der Waals surface area contributed by atoms with E-state index in [2.05, 4.69) is 9.97 Å². The first-order valence-electron chi connectivity index (χ1n) is 6.80. The molecule has 1 aliphatic rings. The maximum absolute atomic E-state index is 13.1. The van der Waals surface area contributed by atoms with Crippen LogP contribution in [0.4, 0.5) is 4.39 Å². The molecule has 0 radical (unpaired) electrons. The van der Waals surface area contributed by atoms with Crippen LogP contribution in [0.2, 0.25) is 5.02 Å². The third-order valence-corrected chi connectivity index (χ3v) is 3.75. The molecule has 0 saturated carbocycles. The summed E-state index contributed by atoms with van der Waals surface area (Å²) in [5, 5.41) is 0.116. The number of nitrogens with zero attached hydrogens (tertiary/aromatic N) is 3. The van der Waals surface area contributed by atoms with E-state index < -0.39 is 5.82 Å². The maximum Gasteiger partial charge on any atom is 0.255 e. The van der Waals surface area contributed by atoms with Crippen LogP contribution in [0.25, 0.3) is 0 Å². The zero-order valence-electron chi connectivity index (χ0n) is 11.6. The van der Waals surface area contributed by atoms with Crippen molar-refractivity contribution in [2.24, 2.45) is 0 Å². The van der Waals surface area contributed by atoms with Crippen LogP contribution in [-0.4, -0.2) is 40.0 Å². The lowest BCUT2D eigenvalue weighted by Crippen LogP contribution is -2.31. The lowest BCUT2D eigenvalue weighted by molar-refractivity contribution is 0.0771. The SMILES string of the molecule is O=C(c1ccc(F)cc1Cl)N1CC[C@H](Oc2ccncn2)C1. The molecule has 5 nitrogen and oxygen atoms in total. The highest BCUT2D eigenvalue weighted by molar-refractivity contribution is 6.33. The van der Waals surface area contributed by atoms with Gasteiger partial charge in [-0.1, -0.05) is 11.6 Å². The molecule has 0 unspecified atom stereocenters. The van der Waals surface area contributed by atoms with Gasteiger partial charge < -0.3 is 9.64 Å². The standard InChI is InChI=1S/C15H13ClFN3O2/c16-13-7-10(17)1-2-12(13)15(21)20-6-4-11(8-20)22-14-3-5-18-9-19-14/h1-3,5,7,9,11H,4,6,8H2/t11-/m0/s1. The first-order chi connectivity index (χ1) is 10.6. The van der Waals surface area contributed by atoms with Gasteiger partial charge in [-0.25, -0.2) is 14.4 Å². The molecule has 1 atom stereocenters. The normalized spacial score (nSPS) is 17.5. The molecule has 2 heterocycles. The Morgan fingerprint density at radius 1 is 1.41 bits per heavy atom. The Labute approximate surface area is 131 Å². The van der Waals surface area contributed by atoms with Crippen LogP contribution in [0.15, 0.2) is 36.8 Å². The van der Waals surface area contributed by atoms with Crippen molar-refractivity contribution in [1.29, 1.82) is 0 Å². The number of ether oxygens (including phenoxy) is 1. The van der Waals surface area contributed by atoms with E-state index in [4.69, 9.17) is 16.3 Å². The molecule has 1 amide bonds. The molecule has 1 saturated heterocycles. The summed E-state index contributed by atoms with van der Waals surface area (Å²) in [4.78, 5) is 21.9. The number of benzene rings is 1. The number of hydrogen-bond acceptors (Lipinski definition) is 4. The van der Waals surface area contributed by atoms with Gasteiger partial charge in [-0.05, 0) is 18.2 Å². The van der Waals surface area contributed by atoms with Crippen molar-refractivity contribution in [2.45, 2.75) is 12.5 Å². The topological polar surface area (TPSA) is 55.3 Å². The molecular formula is C15H13ClFN3O2. The largest absolute Gasteiger partial charge is 0.472 e. The predicted molar refractivity (Wildman–Crippen MR) is 78.4 cm³/mol. The minimum absolute atomic E-state index is 0.116. The molecular weight excluding hydrogens is 309 g/mol. The van der Waals surface area contributed by atoms with E-state index in [1.807, 2.05) is 0 Å². The highest BCUT2D eigenvalue weighted by Crippen LogP contribution is 2.22. The van der Waals surface area contributed by atoms with Gasteiger partial charge in [0.05, 0.1) is 17.1 Å². The number of amides is 1. The summed E-state index contributed by atoms with van der Waals surface area (Å²) in [5.74, 6) is -0.208. The molecule has 2 aromatic rings. The monoisotopic (exact) mass is 321 g/mol. The minimum atomic E-state index is -0.465. The Balaban J connectivity index is 1.66. The van der Waals surface area contributed by atoms with E-state index >= 15 is 0 Å². The molecule has 0 spiro atoms. The van der Waals surface area contributed by atoms with Gasteiger partial charge in [0.15, 0.2) is 0 Å². The predicted octanol–water partition coefficient (Wildman–Crippen LogP) is 2.56. The number of hydrogen-bond donors (Lipinski definition) is 0. The highest BCUT2D eigenvalue weighted by atomic mass is 35.5. The van der Waals surface area contributed by atoms with E-state index in [9.17, 15) is 9.18 Å². The van der Waals surface area contributed by atoms with Crippen LogP contribution in [0, 0.1) is 5.82 Å². The van der Waals surface area contributed by atoms with Crippen LogP contribution in [0.3, 0.4) is 0 Å². The number of likely N-dealkylation sites (tertiary alicyclic amines) is 1. The second-order valence-electron chi connectivity index (χ2n) is 4.95. The van der Waals surface area contributed by atoms with E-state index in [1.54, 1.807) is 17.2 Å². The average Bonchev–Trinajstić information content (AvgIpc) is 2.96. The summed E-state index contributed by atoms with van der Waals surface area (Å²) in [7, 11) is 0. The molecule has 1 aromatic carbocycles. The second kappa shape index (κ2) is 6.27. The fourth-order valence-electron chi connectivity index (χ4n) is 2.36. The summed E-state index contributed by atoms with van der Waals surface area (Å²) < 4.78 is 18.8. The van der Waals surface area contributed by atoms with E-state index in [0.29, 0.717) is 31.0 Å². The Morgan fingerprint density at radius 2 is 2.27 bits per heavy atom. The van der Waals surface area contributed by atoms with Gasteiger partial charge in [0.1, 0.15) is 18.2 Å². The van der Waals surface area contributed by atoms with Crippen molar-refractivity contribution in [3.63, 3.8) is 0 Å². The smallest absolute Gasteiger partial charge is 0.255 e. The third kappa shape index (κ3) is 3.17. The summed E-state index contributed by atoms with van der Waals surface area (Å²) >= 11 is 5.93. The number of carbonyl (C=O) groups excluding carboxylic acids is 1. The van der Waals surface area contributed by atoms with E-state index in [1.165, 1.54) is 18.5 Å². The molecule has 0 N–H and O–H groups in total. The lowest BCUT2D eigenvalue weighted by Gasteiger charge is -2.17. The first-order valence-corrected chi connectivity index (χ1v) is 7.18. The summed E-state index contributed by atoms with van der Waals surface area (Å²) in [6, 6.07) is 5.43. The molecule has 1 aliphatic heterocycles. The van der Waals surface area contributed by atoms with Crippen LogP contribution in [0.5, 0.6) is 5.88 Å². The zero-order valence-corrected chi connectivity index (χ0v) is 12.3. The van der Waals surface area contributed by atoms with Crippen molar-refractivity contribution in [2.75, 3.05) is 13.1 Å². The molecule has 1 fully saturated rings. The highest BCUT2D eigenvalue weighted by Gasteiger charge is 2.29. The summed E-state index contributed by atoms with van der Waals surface area (Å²) in [6.45, 7) is 0.999. The van der Waals surface area contributed by atoms with Crippen molar-refractivity contribution in [3.8, 4) is 5.88 Å². The third-order valence-electron chi connectivity index (χ3n) is 3.44. The van der Waals surface area contributed by atoms with Crippen LogP contribution in [0.1, 0.15) is 16.8 Å². The zero-order chi connectivity index (χ0) is 15.5.